The number of fused-ring (bicyclic) bond motifs is 1. The molecule has 1 amide bonds. The third kappa shape index (κ3) is 3.12. The Hall–Kier alpha value is -2.95. The number of carbonyl (C=O) groups excluding carboxylic acids is 1. The number of hydrogen-bond acceptors (Lipinski definition) is 4. The van der Waals surface area contributed by atoms with E-state index in [2.05, 4.69) is 16.3 Å². The molecule has 0 bridgehead atoms. The molecule has 26 heavy (non-hydrogen) atoms. The van der Waals surface area contributed by atoms with Crippen molar-refractivity contribution in [1.82, 2.24) is 15.3 Å². The Morgan fingerprint density at radius 2 is 1.85 bits per heavy atom. The average molecular weight is 346 g/mol. The zero-order chi connectivity index (χ0) is 17.9. The zero-order valence-corrected chi connectivity index (χ0v) is 14.9. The van der Waals surface area contributed by atoms with Crippen LogP contribution in [0.15, 0.2) is 54.6 Å². The number of piperidine rings is 1. The van der Waals surface area contributed by atoms with Gasteiger partial charge in [-0.2, -0.15) is 0 Å². The van der Waals surface area contributed by atoms with Crippen LogP contribution in [0.1, 0.15) is 12.8 Å². The van der Waals surface area contributed by atoms with Crippen LogP contribution in [0.5, 0.6) is 0 Å². The molecule has 3 aromatic rings. The van der Waals surface area contributed by atoms with E-state index >= 15 is 0 Å². The van der Waals surface area contributed by atoms with Gasteiger partial charge in [0.1, 0.15) is 5.82 Å². The Balaban J connectivity index is 1.79. The van der Waals surface area contributed by atoms with E-state index in [0.717, 1.165) is 47.5 Å². The summed E-state index contributed by atoms with van der Waals surface area (Å²) < 4.78 is 0. The van der Waals surface area contributed by atoms with E-state index in [0.29, 0.717) is 6.54 Å². The van der Waals surface area contributed by atoms with Gasteiger partial charge in [-0.3, -0.25) is 4.79 Å². The number of nitrogens with zero attached hydrogens (tertiary/aromatic N) is 3. The molecular formula is C21H22N4O. The van der Waals surface area contributed by atoms with E-state index in [1.165, 1.54) is 0 Å². The molecule has 5 heteroatoms. The van der Waals surface area contributed by atoms with Crippen molar-refractivity contribution in [2.24, 2.45) is 5.92 Å². The van der Waals surface area contributed by atoms with Crippen LogP contribution in [0, 0.1) is 5.92 Å². The van der Waals surface area contributed by atoms with Gasteiger partial charge in [0, 0.05) is 31.1 Å². The van der Waals surface area contributed by atoms with E-state index in [-0.39, 0.29) is 11.8 Å². The standard InChI is InChI=1S/C21H22N4O/c1-22-21(26)16-10-7-13-25(14-16)20-17-11-5-6-12-18(17)23-19(24-20)15-8-3-2-4-9-15/h2-6,8-9,11-12,16H,7,10,13-14H2,1H3,(H,22,26). The summed E-state index contributed by atoms with van der Waals surface area (Å²) >= 11 is 0. The number of rotatable bonds is 3. The van der Waals surface area contributed by atoms with Gasteiger partial charge in [0.2, 0.25) is 5.91 Å². The second-order valence-electron chi connectivity index (χ2n) is 6.65. The van der Waals surface area contributed by atoms with E-state index in [1.807, 2.05) is 48.5 Å². The van der Waals surface area contributed by atoms with Crippen LogP contribution in [0.3, 0.4) is 0 Å². The molecule has 0 aliphatic carbocycles. The molecule has 4 rings (SSSR count). The highest BCUT2D eigenvalue weighted by molar-refractivity contribution is 5.91. The summed E-state index contributed by atoms with van der Waals surface area (Å²) in [4.78, 5) is 24.0. The molecule has 1 aliphatic rings. The van der Waals surface area contributed by atoms with Gasteiger partial charge in [0.15, 0.2) is 5.82 Å². The molecule has 1 unspecified atom stereocenters. The molecule has 0 radical (unpaired) electrons. The first-order valence-corrected chi connectivity index (χ1v) is 9.05. The Kier molecular flexibility index (Phi) is 4.52. The summed E-state index contributed by atoms with van der Waals surface area (Å²) in [6.07, 6.45) is 1.90. The number of amides is 1. The maximum atomic E-state index is 12.1. The Bertz CT molecular complexity index is 926. The summed E-state index contributed by atoms with van der Waals surface area (Å²) in [5, 5.41) is 3.81. The molecule has 0 saturated carbocycles. The minimum Gasteiger partial charge on any atom is -0.359 e. The highest BCUT2D eigenvalue weighted by Gasteiger charge is 2.27. The fraction of sp³-hybridized carbons (Fsp3) is 0.286. The molecule has 1 fully saturated rings. The lowest BCUT2D eigenvalue weighted by molar-refractivity contribution is -0.124. The molecule has 2 aromatic carbocycles. The minimum atomic E-state index is 0.00246. The highest BCUT2D eigenvalue weighted by atomic mass is 16.1. The fourth-order valence-electron chi connectivity index (χ4n) is 3.60. The van der Waals surface area contributed by atoms with Gasteiger partial charge in [0.25, 0.3) is 0 Å². The third-order valence-electron chi connectivity index (χ3n) is 4.95. The highest BCUT2D eigenvalue weighted by Crippen LogP contribution is 2.30. The topological polar surface area (TPSA) is 58.1 Å². The molecule has 2 heterocycles. The van der Waals surface area contributed by atoms with Crippen molar-refractivity contribution in [3.05, 3.63) is 54.6 Å². The SMILES string of the molecule is CNC(=O)C1CCCN(c2nc(-c3ccccc3)nc3ccccc23)C1. The molecule has 1 atom stereocenters. The zero-order valence-electron chi connectivity index (χ0n) is 14.9. The van der Waals surface area contributed by atoms with E-state index in [9.17, 15) is 4.79 Å². The van der Waals surface area contributed by atoms with Gasteiger partial charge < -0.3 is 10.2 Å². The van der Waals surface area contributed by atoms with Crippen molar-refractivity contribution < 1.29 is 4.79 Å². The number of aromatic nitrogens is 2. The molecular weight excluding hydrogens is 324 g/mol. The van der Waals surface area contributed by atoms with E-state index in [4.69, 9.17) is 9.97 Å². The predicted molar refractivity (Wildman–Crippen MR) is 104 cm³/mol. The summed E-state index contributed by atoms with van der Waals surface area (Å²) in [5.74, 6) is 1.75. The van der Waals surface area contributed by atoms with Crippen molar-refractivity contribution in [2.45, 2.75) is 12.8 Å². The summed E-state index contributed by atoms with van der Waals surface area (Å²) in [6.45, 7) is 1.59. The van der Waals surface area contributed by atoms with Crippen LogP contribution >= 0.6 is 0 Å². The van der Waals surface area contributed by atoms with Crippen molar-refractivity contribution >= 4 is 22.6 Å². The molecule has 0 spiro atoms. The number of hydrogen-bond donors (Lipinski definition) is 1. The lowest BCUT2D eigenvalue weighted by Crippen LogP contribution is -2.42. The van der Waals surface area contributed by atoms with Crippen LogP contribution in [-0.2, 0) is 4.79 Å². The molecule has 1 saturated heterocycles. The van der Waals surface area contributed by atoms with Crippen molar-refractivity contribution in [2.75, 3.05) is 25.0 Å². The predicted octanol–water partition coefficient (Wildman–Crippen LogP) is 3.26. The second-order valence-corrected chi connectivity index (χ2v) is 6.65. The number of carbonyl (C=O) groups is 1. The Labute approximate surface area is 153 Å². The number of benzene rings is 2. The third-order valence-corrected chi connectivity index (χ3v) is 4.95. The van der Waals surface area contributed by atoms with Crippen molar-refractivity contribution in [3.8, 4) is 11.4 Å². The molecule has 1 aliphatic heterocycles. The monoisotopic (exact) mass is 346 g/mol. The van der Waals surface area contributed by atoms with Gasteiger partial charge >= 0.3 is 0 Å². The lowest BCUT2D eigenvalue weighted by Gasteiger charge is -2.33. The molecule has 1 N–H and O–H groups in total. The van der Waals surface area contributed by atoms with Gasteiger partial charge in [-0.1, -0.05) is 42.5 Å². The van der Waals surface area contributed by atoms with Crippen LogP contribution in [0.4, 0.5) is 5.82 Å². The maximum Gasteiger partial charge on any atom is 0.224 e. The van der Waals surface area contributed by atoms with Gasteiger partial charge in [-0.25, -0.2) is 9.97 Å². The Morgan fingerprint density at radius 3 is 2.65 bits per heavy atom. The molecule has 5 nitrogen and oxygen atoms in total. The van der Waals surface area contributed by atoms with Gasteiger partial charge in [-0.05, 0) is 25.0 Å². The summed E-state index contributed by atoms with van der Waals surface area (Å²) in [7, 11) is 1.70. The first-order valence-electron chi connectivity index (χ1n) is 9.05. The number of anilines is 1. The van der Waals surface area contributed by atoms with Crippen LogP contribution in [0.2, 0.25) is 0 Å². The lowest BCUT2D eigenvalue weighted by atomic mass is 9.97. The minimum absolute atomic E-state index is 0.00246. The fourth-order valence-corrected chi connectivity index (χ4v) is 3.60. The molecule has 132 valence electrons. The van der Waals surface area contributed by atoms with Gasteiger partial charge in [0.05, 0.1) is 11.4 Å². The van der Waals surface area contributed by atoms with E-state index < -0.39 is 0 Å². The smallest absolute Gasteiger partial charge is 0.224 e. The summed E-state index contributed by atoms with van der Waals surface area (Å²) in [5.41, 5.74) is 1.93. The van der Waals surface area contributed by atoms with Crippen molar-refractivity contribution in [3.63, 3.8) is 0 Å². The van der Waals surface area contributed by atoms with Crippen LogP contribution in [-0.4, -0.2) is 36.0 Å². The van der Waals surface area contributed by atoms with Crippen LogP contribution < -0.4 is 10.2 Å². The second kappa shape index (κ2) is 7.12. The number of nitrogens with one attached hydrogen (secondary N) is 1. The van der Waals surface area contributed by atoms with Crippen molar-refractivity contribution in [1.29, 1.82) is 0 Å². The van der Waals surface area contributed by atoms with E-state index in [1.54, 1.807) is 7.05 Å². The Morgan fingerprint density at radius 1 is 1.08 bits per heavy atom. The first-order chi connectivity index (χ1) is 12.8. The normalized spacial score (nSPS) is 17.3. The number of para-hydroxylation sites is 1. The summed E-state index contributed by atoms with van der Waals surface area (Å²) in [6, 6.07) is 18.1. The van der Waals surface area contributed by atoms with Crippen LogP contribution in [0.25, 0.3) is 22.3 Å². The largest absolute Gasteiger partial charge is 0.359 e. The quantitative estimate of drug-likeness (QED) is 0.791. The average Bonchev–Trinajstić information content (AvgIpc) is 2.73. The first kappa shape index (κ1) is 16.5. The molecule has 1 aromatic heterocycles. The van der Waals surface area contributed by atoms with Gasteiger partial charge in [-0.15, -0.1) is 0 Å². The maximum absolute atomic E-state index is 12.1.